The van der Waals surface area contributed by atoms with Crippen molar-refractivity contribution >= 4 is 0 Å². The predicted molar refractivity (Wildman–Crippen MR) is 48.3 cm³/mol. The van der Waals surface area contributed by atoms with Gasteiger partial charge in [0.2, 0.25) is 0 Å². The molecule has 1 aliphatic rings. The zero-order valence-electron chi connectivity index (χ0n) is 7.27. The molecule has 0 saturated heterocycles. The van der Waals surface area contributed by atoms with E-state index in [9.17, 15) is 0 Å². The molecule has 1 aliphatic carbocycles. The fourth-order valence-corrected chi connectivity index (χ4v) is 1.16. The van der Waals surface area contributed by atoms with Crippen LogP contribution in [0.1, 0.15) is 32.6 Å². The van der Waals surface area contributed by atoms with Gasteiger partial charge >= 0.3 is 0 Å². The highest BCUT2D eigenvalue weighted by Crippen LogP contribution is 2.27. The van der Waals surface area contributed by atoms with E-state index in [2.05, 4.69) is 18.2 Å². The summed E-state index contributed by atoms with van der Waals surface area (Å²) in [5.41, 5.74) is 0. The smallest absolute Gasteiger partial charge is 0.0240 e. The van der Waals surface area contributed by atoms with E-state index in [-0.39, 0.29) is 0 Å². The average molecular weight is 151 g/mol. The topological polar surface area (TPSA) is 12.0 Å². The van der Waals surface area contributed by atoms with Gasteiger partial charge in [0.1, 0.15) is 0 Å². The van der Waals surface area contributed by atoms with Crippen LogP contribution in [0.3, 0.4) is 0 Å². The third-order valence-corrected chi connectivity index (χ3v) is 2.25. The van der Waals surface area contributed by atoms with Gasteiger partial charge in [-0.1, -0.05) is 6.92 Å². The molecule has 11 heavy (non-hydrogen) atoms. The maximum Gasteiger partial charge on any atom is 0.0240 e. The summed E-state index contributed by atoms with van der Waals surface area (Å²) in [5, 5.41) is 3.49. The molecule has 1 fully saturated rings. The molecule has 0 heterocycles. The molecule has 0 aromatic rings. The van der Waals surface area contributed by atoms with E-state index < -0.39 is 0 Å². The summed E-state index contributed by atoms with van der Waals surface area (Å²) < 4.78 is 0. The third kappa shape index (κ3) is 3.43. The van der Waals surface area contributed by atoms with Crippen molar-refractivity contribution in [2.45, 2.75) is 38.6 Å². The largest absolute Gasteiger partial charge is 0.313 e. The van der Waals surface area contributed by atoms with Crippen LogP contribution in [0.2, 0.25) is 0 Å². The number of nitrogens with one attached hydrogen (secondary N) is 1. The van der Waals surface area contributed by atoms with Crippen LogP contribution in [0.4, 0.5) is 0 Å². The molecule has 62 valence electrons. The van der Waals surface area contributed by atoms with E-state index in [4.69, 9.17) is 6.42 Å². The van der Waals surface area contributed by atoms with Gasteiger partial charge in [-0.15, -0.1) is 12.3 Å². The minimum Gasteiger partial charge on any atom is -0.313 e. The van der Waals surface area contributed by atoms with Gasteiger partial charge in [0.05, 0.1) is 0 Å². The van der Waals surface area contributed by atoms with Crippen LogP contribution in [0.25, 0.3) is 0 Å². The van der Waals surface area contributed by atoms with Crippen LogP contribution in [-0.2, 0) is 0 Å². The van der Waals surface area contributed by atoms with E-state index in [0.717, 1.165) is 18.8 Å². The second kappa shape index (κ2) is 4.41. The van der Waals surface area contributed by atoms with E-state index in [1.54, 1.807) is 0 Å². The standard InChI is InChI=1S/C10H17N/c1-3-5-10(4-2)11-8-9-6-7-9/h1,9-11H,4-8H2,2H3. The van der Waals surface area contributed by atoms with E-state index >= 15 is 0 Å². The predicted octanol–water partition coefficient (Wildman–Crippen LogP) is 1.79. The molecule has 1 N–H and O–H groups in total. The van der Waals surface area contributed by atoms with Crippen LogP contribution in [0.5, 0.6) is 0 Å². The monoisotopic (exact) mass is 151 g/mol. The molecule has 0 bridgehead atoms. The quantitative estimate of drug-likeness (QED) is 0.591. The lowest BCUT2D eigenvalue weighted by Gasteiger charge is -2.12. The fourth-order valence-electron chi connectivity index (χ4n) is 1.16. The van der Waals surface area contributed by atoms with Crippen LogP contribution in [-0.4, -0.2) is 12.6 Å². The maximum atomic E-state index is 5.24. The minimum atomic E-state index is 0.556. The number of hydrogen-bond donors (Lipinski definition) is 1. The molecule has 1 rings (SSSR count). The lowest BCUT2D eigenvalue weighted by molar-refractivity contribution is 0.492. The minimum absolute atomic E-state index is 0.556. The van der Waals surface area contributed by atoms with Gasteiger partial charge in [-0.3, -0.25) is 0 Å². The van der Waals surface area contributed by atoms with E-state index in [1.165, 1.54) is 19.4 Å². The summed E-state index contributed by atoms with van der Waals surface area (Å²) in [6, 6.07) is 0.556. The lowest BCUT2D eigenvalue weighted by atomic mass is 10.1. The second-order valence-electron chi connectivity index (χ2n) is 3.37. The Morgan fingerprint density at radius 2 is 2.36 bits per heavy atom. The zero-order valence-corrected chi connectivity index (χ0v) is 7.27. The van der Waals surface area contributed by atoms with Crippen LogP contribution in [0, 0.1) is 18.3 Å². The van der Waals surface area contributed by atoms with Crippen molar-refractivity contribution in [1.82, 2.24) is 5.32 Å². The molecule has 0 aliphatic heterocycles. The Hall–Kier alpha value is -0.480. The maximum absolute atomic E-state index is 5.24. The van der Waals surface area contributed by atoms with E-state index in [0.29, 0.717) is 6.04 Å². The highest BCUT2D eigenvalue weighted by molar-refractivity contribution is 4.90. The molecule has 1 saturated carbocycles. The van der Waals surface area contributed by atoms with Gasteiger partial charge < -0.3 is 5.32 Å². The molecule has 1 unspecified atom stereocenters. The Labute approximate surface area is 69.6 Å². The van der Waals surface area contributed by atoms with Crippen molar-refractivity contribution in [3.63, 3.8) is 0 Å². The SMILES string of the molecule is C#CCC(CC)NCC1CC1. The summed E-state index contributed by atoms with van der Waals surface area (Å²) in [5.74, 6) is 3.66. The molecular weight excluding hydrogens is 134 g/mol. The van der Waals surface area contributed by atoms with Crippen LogP contribution < -0.4 is 5.32 Å². The normalized spacial score (nSPS) is 19.3. The zero-order chi connectivity index (χ0) is 8.10. The molecule has 0 aromatic carbocycles. The summed E-state index contributed by atoms with van der Waals surface area (Å²) in [6.45, 7) is 3.36. The van der Waals surface area contributed by atoms with Crippen molar-refractivity contribution in [3.8, 4) is 12.3 Å². The summed E-state index contributed by atoms with van der Waals surface area (Å²) in [4.78, 5) is 0. The second-order valence-corrected chi connectivity index (χ2v) is 3.37. The van der Waals surface area contributed by atoms with Crippen LogP contribution >= 0.6 is 0 Å². The van der Waals surface area contributed by atoms with Crippen molar-refractivity contribution in [2.75, 3.05) is 6.54 Å². The molecule has 0 amide bonds. The summed E-state index contributed by atoms with van der Waals surface area (Å²) in [7, 11) is 0. The fraction of sp³-hybridized carbons (Fsp3) is 0.800. The lowest BCUT2D eigenvalue weighted by Crippen LogP contribution is -2.29. The Balaban J connectivity index is 2.04. The van der Waals surface area contributed by atoms with Crippen molar-refractivity contribution in [2.24, 2.45) is 5.92 Å². The van der Waals surface area contributed by atoms with E-state index in [1.807, 2.05) is 0 Å². The Kier molecular flexibility index (Phi) is 3.45. The first kappa shape index (κ1) is 8.62. The number of rotatable bonds is 5. The van der Waals surface area contributed by atoms with Gasteiger partial charge in [0.15, 0.2) is 0 Å². The first-order valence-corrected chi connectivity index (χ1v) is 4.53. The number of terminal acetylenes is 1. The highest BCUT2D eigenvalue weighted by atomic mass is 14.9. The summed E-state index contributed by atoms with van der Waals surface area (Å²) >= 11 is 0. The molecule has 0 radical (unpaired) electrons. The molecule has 1 heteroatoms. The first-order chi connectivity index (χ1) is 5.36. The van der Waals surface area contributed by atoms with Crippen molar-refractivity contribution in [1.29, 1.82) is 0 Å². The first-order valence-electron chi connectivity index (χ1n) is 4.53. The molecule has 1 nitrogen and oxygen atoms in total. The van der Waals surface area contributed by atoms with Gasteiger partial charge in [-0.25, -0.2) is 0 Å². The molecular formula is C10H17N. The van der Waals surface area contributed by atoms with Gasteiger partial charge in [-0.05, 0) is 31.7 Å². The van der Waals surface area contributed by atoms with Gasteiger partial charge in [0, 0.05) is 12.5 Å². The third-order valence-electron chi connectivity index (χ3n) is 2.25. The van der Waals surface area contributed by atoms with Crippen molar-refractivity contribution in [3.05, 3.63) is 0 Å². The highest BCUT2D eigenvalue weighted by Gasteiger charge is 2.21. The Morgan fingerprint density at radius 1 is 1.64 bits per heavy atom. The van der Waals surface area contributed by atoms with Crippen molar-refractivity contribution < 1.29 is 0 Å². The summed E-state index contributed by atoms with van der Waals surface area (Å²) in [6.07, 6.45) is 10.1. The molecule has 1 atom stereocenters. The van der Waals surface area contributed by atoms with Gasteiger partial charge in [-0.2, -0.15) is 0 Å². The average Bonchev–Trinajstić information content (AvgIpc) is 2.81. The molecule has 0 aromatic heterocycles. The Morgan fingerprint density at radius 3 is 2.82 bits per heavy atom. The molecule has 0 spiro atoms. The Bertz CT molecular complexity index is 141. The van der Waals surface area contributed by atoms with Gasteiger partial charge in [0.25, 0.3) is 0 Å². The number of hydrogen-bond acceptors (Lipinski definition) is 1. The van der Waals surface area contributed by atoms with Crippen LogP contribution in [0.15, 0.2) is 0 Å².